The van der Waals surface area contributed by atoms with Crippen LogP contribution in [-0.4, -0.2) is 30.5 Å². The number of aliphatic hydroxyl groups excluding tert-OH is 1. The van der Waals surface area contributed by atoms with E-state index >= 15 is 0 Å². The van der Waals surface area contributed by atoms with Crippen LogP contribution in [0.25, 0.3) is 21.8 Å². The Bertz CT molecular complexity index is 961. The Kier molecular flexibility index (Phi) is 3.78. The van der Waals surface area contributed by atoms with E-state index in [9.17, 15) is 5.11 Å². The number of fused-ring (bicyclic) bond motifs is 3. The van der Waals surface area contributed by atoms with Crippen LogP contribution in [-0.2, 0) is 13.1 Å². The fourth-order valence-electron chi connectivity index (χ4n) is 3.03. The number of aliphatic hydroxyl groups is 1. The van der Waals surface area contributed by atoms with Crippen molar-refractivity contribution in [3.05, 3.63) is 58.7 Å². The zero-order valence-corrected chi connectivity index (χ0v) is 14.5. The smallest absolute Gasteiger partial charge is 0.137 e. The Morgan fingerprint density at radius 3 is 2.70 bits per heavy atom. The Balaban J connectivity index is 1.78. The Morgan fingerprint density at radius 1 is 1.04 bits per heavy atom. The summed E-state index contributed by atoms with van der Waals surface area (Å²) in [6.07, 6.45) is 2.57. The molecule has 23 heavy (non-hydrogen) atoms. The van der Waals surface area contributed by atoms with Crippen LogP contribution < -0.4 is 0 Å². The summed E-state index contributed by atoms with van der Waals surface area (Å²) in [6, 6.07) is 14.7. The van der Waals surface area contributed by atoms with Crippen molar-refractivity contribution < 1.29 is 5.11 Å². The molecule has 0 bridgehead atoms. The van der Waals surface area contributed by atoms with Gasteiger partial charge in [0.25, 0.3) is 0 Å². The van der Waals surface area contributed by atoms with Crippen molar-refractivity contribution in [2.45, 2.75) is 19.2 Å². The Morgan fingerprint density at radius 2 is 1.87 bits per heavy atom. The lowest BCUT2D eigenvalue weighted by Gasteiger charge is -2.13. The largest absolute Gasteiger partial charge is 0.389 e. The number of hydrogen-bond acceptors (Lipinski definition) is 3. The molecule has 116 valence electrons. The highest BCUT2D eigenvalue weighted by Gasteiger charge is 2.14. The van der Waals surface area contributed by atoms with Crippen LogP contribution in [0.4, 0.5) is 0 Å². The fourth-order valence-corrected chi connectivity index (χ4v) is 3.53. The third-order valence-corrected chi connectivity index (χ3v) is 4.66. The molecule has 2 aromatic heterocycles. The van der Waals surface area contributed by atoms with Crippen molar-refractivity contribution in [2.24, 2.45) is 0 Å². The highest BCUT2D eigenvalue weighted by atomic mass is 127. The second kappa shape index (κ2) is 5.93. The van der Waals surface area contributed by atoms with E-state index in [4.69, 9.17) is 0 Å². The number of nitrogens with zero attached hydrogens (tertiary/aromatic N) is 4. The zero-order chi connectivity index (χ0) is 15.8. The molecule has 0 saturated heterocycles. The molecule has 1 atom stereocenters. The van der Waals surface area contributed by atoms with Gasteiger partial charge in [-0.05, 0) is 46.9 Å². The molecular weight excluding hydrogens is 403 g/mol. The van der Waals surface area contributed by atoms with E-state index < -0.39 is 6.10 Å². The van der Waals surface area contributed by atoms with Gasteiger partial charge in [-0.1, -0.05) is 18.2 Å². The highest BCUT2D eigenvalue weighted by Crippen LogP contribution is 2.30. The maximum Gasteiger partial charge on any atom is 0.137 e. The van der Waals surface area contributed by atoms with Gasteiger partial charge in [0, 0.05) is 25.4 Å². The Labute approximate surface area is 146 Å². The fraction of sp³-hybridized carbons (Fsp3) is 0.176. The number of benzene rings is 2. The number of para-hydroxylation sites is 1. The molecule has 0 amide bonds. The van der Waals surface area contributed by atoms with Crippen molar-refractivity contribution in [1.82, 2.24) is 19.3 Å². The molecule has 0 aliphatic rings. The minimum atomic E-state index is -0.532. The number of halogens is 1. The lowest BCUT2D eigenvalue weighted by atomic mass is 10.2. The molecule has 4 rings (SSSR count). The maximum absolute atomic E-state index is 10.5. The SMILES string of the molecule is OC(Cn1cncn1)Cn1c2ccccc2c2cc(I)ccc21. The summed E-state index contributed by atoms with van der Waals surface area (Å²) < 4.78 is 5.05. The minimum Gasteiger partial charge on any atom is -0.389 e. The summed E-state index contributed by atoms with van der Waals surface area (Å²) >= 11 is 2.33. The number of aromatic nitrogens is 4. The van der Waals surface area contributed by atoms with Crippen molar-refractivity contribution in [2.75, 3.05) is 0 Å². The van der Waals surface area contributed by atoms with Crippen LogP contribution in [0.1, 0.15) is 0 Å². The average Bonchev–Trinajstić information content (AvgIpc) is 3.15. The molecule has 0 spiro atoms. The molecule has 2 heterocycles. The van der Waals surface area contributed by atoms with Crippen LogP contribution in [0.5, 0.6) is 0 Å². The van der Waals surface area contributed by atoms with Crippen LogP contribution in [0.2, 0.25) is 0 Å². The van der Waals surface area contributed by atoms with E-state index in [2.05, 4.69) is 73.6 Å². The molecule has 6 heteroatoms. The van der Waals surface area contributed by atoms with Crippen molar-refractivity contribution in [3.8, 4) is 0 Å². The van der Waals surface area contributed by atoms with Gasteiger partial charge in [0.2, 0.25) is 0 Å². The normalized spacial score (nSPS) is 13.0. The molecule has 1 unspecified atom stereocenters. The molecule has 0 aliphatic carbocycles. The minimum absolute atomic E-state index is 0.429. The van der Waals surface area contributed by atoms with Gasteiger partial charge >= 0.3 is 0 Å². The molecule has 0 radical (unpaired) electrons. The molecule has 2 aromatic carbocycles. The predicted molar refractivity (Wildman–Crippen MR) is 98.2 cm³/mol. The second-order valence-electron chi connectivity index (χ2n) is 5.56. The molecule has 5 nitrogen and oxygen atoms in total. The summed E-state index contributed by atoms with van der Waals surface area (Å²) in [5, 5.41) is 17.0. The summed E-state index contributed by atoms with van der Waals surface area (Å²) in [5.41, 5.74) is 2.28. The van der Waals surface area contributed by atoms with Gasteiger partial charge in [0.05, 0.1) is 19.2 Å². The Hall–Kier alpha value is -1.93. The van der Waals surface area contributed by atoms with Crippen LogP contribution >= 0.6 is 22.6 Å². The topological polar surface area (TPSA) is 55.9 Å². The quantitative estimate of drug-likeness (QED) is 0.519. The molecule has 4 aromatic rings. The van der Waals surface area contributed by atoms with E-state index in [0.717, 1.165) is 11.0 Å². The predicted octanol–water partition coefficient (Wildman–Crippen LogP) is 3.05. The van der Waals surface area contributed by atoms with Gasteiger partial charge < -0.3 is 9.67 Å². The van der Waals surface area contributed by atoms with Crippen LogP contribution in [0.3, 0.4) is 0 Å². The summed E-state index contributed by atoms with van der Waals surface area (Å²) in [7, 11) is 0. The summed E-state index contributed by atoms with van der Waals surface area (Å²) in [5.74, 6) is 0. The second-order valence-corrected chi connectivity index (χ2v) is 6.81. The highest BCUT2D eigenvalue weighted by molar-refractivity contribution is 14.1. The van der Waals surface area contributed by atoms with E-state index in [1.165, 1.54) is 20.7 Å². The van der Waals surface area contributed by atoms with E-state index in [1.807, 2.05) is 6.07 Å². The molecule has 0 fully saturated rings. The monoisotopic (exact) mass is 418 g/mol. The van der Waals surface area contributed by atoms with Crippen molar-refractivity contribution in [1.29, 1.82) is 0 Å². The number of hydrogen-bond donors (Lipinski definition) is 1. The first-order valence-electron chi connectivity index (χ1n) is 7.39. The van der Waals surface area contributed by atoms with Gasteiger partial charge in [-0.25, -0.2) is 4.98 Å². The van der Waals surface area contributed by atoms with Gasteiger partial charge in [-0.2, -0.15) is 5.10 Å². The average molecular weight is 418 g/mol. The van der Waals surface area contributed by atoms with Gasteiger partial charge in [-0.3, -0.25) is 4.68 Å². The molecular formula is C17H15IN4O. The third-order valence-electron chi connectivity index (χ3n) is 3.99. The summed E-state index contributed by atoms with van der Waals surface area (Å²) in [4.78, 5) is 3.91. The first-order valence-corrected chi connectivity index (χ1v) is 8.47. The standard InChI is InChI=1S/C17H15IN4O/c18-12-5-6-17-15(7-12)14-3-1-2-4-16(14)22(17)9-13(23)8-21-11-19-10-20-21/h1-7,10-11,13,23H,8-9H2. The number of rotatable bonds is 4. The van der Waals surface area contributed by atoms with Gasteiger partial charge in [-0.15, -0.1) is 0 Å². The van der Waals surface area contributed by atoms with Gasteiger partial charge in [0.1, 0.15) is 12.7 Å². The van der Waals surface area contributed by atoms with E-state index in [1.54, 1.807) is 11.0 Å². The zero-order valence-electron chi connectivity index (χ0n) is 12.3. The molecule has 0 saturated carbocycles. The summed E-state index contributed by atoms with van der Waals surface area (Å²) in [6.45, 7) is 0.947. The van der Waals surface area contributed by atoms with Crippen molar-refractivity contribution in [3.63, 3.8) is 0 Å². The molecule has 1 N–H and O–H groups in total. The van der Waals surface area contributed by atoms with Crippen molar-refractivity contribution >= 4 is 44.4 Å². The van der Waals surface area contributed by atoms with E-state index in [-0.39, 0.29) is 0 Å². The third kappa shape index (κ3) is 2.72. The van der Waals surface area contributed by atoms with Crippen LogP contribution in [0, 0.1) is 3.57 Å². The maximum atomic E-state index is 10.5. The first-order chi connectivity index (χ1) is 11.2. The lowest BCUT2D eigenvalue weighted by Crippen LogP contribution is -2.22. The molecule has 0 aliphatic heterocycles. The van der Waals surface area contributed by atoms with Crippen LogP contribution in [0.15, 0.2) is 55.1 Å². The first kappa shape index (κ1) is 14.6. The van der Waals surface area contributed by atoms with E-state index in [0.29, 0.717) is 13.1 Å². The van der Waals surface area contributed by atoms with Gasteiger partial charge in [0.15, 0.2) is 0 Å². The lowest BCUT2D eigenvalue weighted by molar-refractivity contribution is 0.132.